The van der Waals surface area contributed by atoms with Gasteiger partial charge in [-0.2, -0.15) is 0 Å². The molecule has 0 aromatic heterocycles. The van der Waals surface area contributed by atoms with E-state index in [2.05, 4.69) is 5.32 Å². The van der Waals surface area contributed by atoms with Gasteiger partial charge in [0.2, 0.25) is 0 Å². The van der Waals surface area contributed by atoms with Crippen molar-refractivity contribution in [2.75, 3.05) is 13.2 Å². The Bertz CT molecular complexity index is 458. The number of carbonyl (C=O) groups excluding carboxylic acids is 1. The van der Waals surface area contributed by atoms with E-state index in [-0.39, 0.29) is 17.9 Å². The number of rotatable bonds is 5. The van der Waals surface area contributed by atoms with E-state index in [1.807, 2.05) is 0 Å². The maximum atomic E-state index is 11.9. The first-order chi connectivity index (χ1) is 8.56. The van der Waals surface area contributed by atoms with Crippen LogP contribution in [0.1, 0.15) is 29.6 Å². The molecule has 1 saturated carbocycles. The normalized spacial score (nSPS) is 16.4. The van der Waals surface area contributed by atoms with Gasteiger partial charge in [0.05, 0.1) is 10.0 Å². The molecule has 0 saturated heterocycles. The summed E-state index contributed by atoms with van der Waals surface area (Å²) in [5.74, 6) is -0.155. The molecule has 18 heavy (non-hydrogen) atoms. The SMILES string of the molecule is O=C(NCC1(CCO)CC1)c1ccc(Cl)c(Cl)c1. The van der Waals surface area contributed by atoms with Crippen LogP contribution in [-0.2, 0) is 0 Å². The molecule has 0 heterocycles. The highest BCUT2D eigenvalue weighted by Gasteiger charge is 2.41. The first-order valence-electron chi connectivity index (χ1n) is 5.90. The van der Waals surface area contributed by atoms with E-state index in [0.29, 0.717) is 22.2 Å². The Morgan fingerprint density at radius 2 is 2.06 bits per heavy atom. The third-order valence-electron chi connectivity index (χ3n) is 3.40. The third-order valence-corrected chi connectivity index (χ3v) is 4.14. The molecule has 1 amide bonds. The molecule has 1 aromatic rings. The fourth-order valence-electron chi connectivity index (χ4n) is 1.94. The van der Waals surface area contributed by atoms with E-state index in [9.17, 15) is 4.79 Å². The molecule has 2 rings (SSSR count). The van der Waals surface area contributed by atoms with Crippen molar-refractivity contribution in [2.24, 2.45) is 5.41 Å². The van der Waals surface area contributed by atoms with E-state index in [0.717, 1.165) is 19.3 Å². The van der Waals surface area contributed by atoms with Crippen LogP contribution in [0.5, 0.6) is 0 Å². The zero-order valence-electron chi connectivity index (χ0n) is 9.88. The molecular formula is C13H15Cl2NO2. The van der Waals surface area contributed by atoms with Gasteiger partial charge in [-0.25, -0.2) is 0 Å². The van der Waals surface area contributed by atoms with Crippen LogP contribution in [0.4, 0.5) is 0 Å². The monoisotopic (exact) mass is 287 g/mol. The van der Waals surface area contributed by atoms with Crippen molar-refractivity contribution >= 4 is 29.1 Å². The van der Waals surface area contributed by atoms with E-state index in [1.165, 1.54) is 0 Å². The smallest absolute Gasteiger partial charge is 0.251 e. The molecule has 5 heteroatoms. The average Bonchev–Trinajstić information content (AvgIpc) is 3.11. The van der Waals surface area contributed by atoms with Crippen molar-refractivity contribution in [3.8, 4) is 0 Å². The van der Waals surface area contributed by atoms with Gasteiger partial charge in [0.1, 0.15) is 0 Å². The maximum Gasteiger partial charge on any atom is 0.251 e. The lowest BCUT2D eigenvalue weighted by atomic mass is 10.0. The van der Waals surface area contributed by atoms with Crippen LogP contribution < -0.4 is 5.32 Å². The molecule has 0 aliphatic heterocycles. The van der Waals surface area contributed by atoms with Crippen LogP contribution in [0.15, 0.2) is 18.2 Å². The van der Waals surface area contributed by atoms with E-state index < -0.39 is 0 Å². The number of aliphatic hydroxyl groups is 1. The fraction of sp³-hybridized carbons (Fsp3) is 0.462. The zero-order chi connectivity index (χ0) is 13.2. The summed E-state index contributed by atoms with van der Waals surface area (Å²) in [5, 5.41) is 12.6. The molecule has 1 fully saturated rings. The molecule has 0 atom stereocenters. The van der Waals surface area contributed by atoms with Gasteiger partial charge >= 0.3 is 0 Å². The predicted molar refractivity (Wildman–Crippen MR) is 72.2 cm³/mol. The summed E-state index contributed by atoms with van der Waals surface area (Å²) in [5.41, 5.74) is 0.616. The summed E-state index contributed by atoms with van der Waals surface area (Å²) in [4.78, 5) is 11.9. The number of hydrogen-bond acceptors (Lipinski definition) is 2. The lowest BCUT2D eigenvalue weighted by molar-refractivity contribution is 0.0941. The summed E-state index contributed by atoms with van der Waals surface area (Å²) in [6.45, 7) is 0.773. The number of benzene rings is 1. The lowest BCUT2D eigenvalue weighted by Crippen LogP contribution is -2.30. The Labute approximate surface area is 116 Å². The Balaban J connectivity index is 1.93. The Kier molecular flexibility index (Phi) is 4.15. The molecule has 3 nitrogen and oxygen atoms in total. The quantitative estimate of drug-likeness (QED) is 0.875. The fourth-order valence-corrected chi connectivity index (χ4v) is 2.23. The molecule has 0 radical (unpaired) electrons. The average molecular weight is 288 g/mol. The van der Waals surface area contributed by atoms with Crippen LogP contribution in [0.3, 0.4) is 0 Å². The number of hydrogen-bond donors (Lipinski definition) is 2. The topological polar surface area (TPSA) is 49.3 Å². The molecule has 1 aromatic carbocycles. The van der Waals surface area contributed by atoms with Crippen molar-refractivity contribution in [3.63, 3.8) is 0 Å². The maximum absolute atomic E-state index is 11.9. The summed E-state index contributed by atoms with van der Waals surface area (Å²) in [6.07, 6.45) is 2.87. The van der Waals surface area contributed by atoms with Crippen LogP contribution in [0.25, 0.3) is 0 Å². The van der Waals surface area contributed by atoms with Crippen molar-refractivity contribution in [2.45, 2.75) is 19.3 Å². The van der Waals surface area contributed by atoms with Crippen molar-refractivity contribution in [3.05, 3.63) is 33.8 Å². The van der Waals surface area contributed by atoms with Gasteiger partial charge in [-0.05, 0) is 42.9 Å². The minimum Gasteiger partial charge on any atom is -0.396 e. The van der Waals surface area contributed by atoms with Crippen molar-refractivity contribution < 1.29 is 9.90 Å². The molecule has 98 valence electrons. The molecule has 1 aliphatic carbocycles. The van der Waals surface area contributed by atoms with Crippen molar-refractivity contribution in [1.29, 1.82) is 0 Å². The van der Waals surface area contributed by atoms with Gasteiger partial charge in [0.25, 0.3) is 5.91 Å². The second-order valence-electron chi connectivity index (χ2n) is 4.79. The number of aliphatic hydroxyl groups excluding tert-OH is 1. The van der Waals surface area contributed by atoms with Gasteiger partial charge in [-0.15, -0.1) is 0 Å². The molecule has 0 bridgehead atoms. The van der Waals surface area contributed by atoms with Crippen LogP contribution in [-0.4, -0.2) is 24.2 Å². The predicted octanol–water partition coefficient (Wildman–Crippen LogP) is 2.89. The van der Waals surface area contributed by atoms with Crippen LogP contribution >= 0.6 is 23.2 Å². The Morgan fingerprint density at radius 1 is 1.33 bits per heavy atom. The highest BCUT2D eigenvalue weighted by molar-refractivity contribution is 6.42. The lowest BCUT2D eigenvalue weighted by Gasteiger charge is -2.14. The van der Waals surface area contributed by atoms with E-state index >= 15 is 0 Å². The second kappa shape index (κ2) is 5.47. The van der Waals surface area contributed by atoms with Gasteiger partial charge in [-0.3, -0.25) is 4.79 Å². The zero-order valence-corrected chi connectivity index (χ0v) is 11.4. The standard InChI is InChI=1S/C13H15Cl2NO2/c14-10-2-1-9(7-11(10)15)12(18)16-8-13(3-4-13)5-6-17/h1-2,7,17H,3-6,8H2,(H,16,18). The minimum absolute atomic E-state index is 0.112. The summed E-state index contributed by atoms with van der Waals surface area (Å²) >= 11 is 11.7. The largest absolute Gasteiger partial charge is 0.396 e. The Morgan fingerprint density at radius 3 is 2.61 bits per heavy atom. The first kappa shape index (κ1) is 13.7. The van der Waals surface area contributed by atoms with Crippen LogP contribution in [0, 0.1) is 5.41 Å². The number of carbonyl (C=O) groups is 1. The second-order valence-corrected chi connectivity index (χ2v) is 5.60. The van der Waals surface area contributed by atoms with Gasteiger partial charge in [0, 0.05) is 18.7 Å². The minimum atomic E-state index is -0.155. The first-order valence-corrected chi connectivity index (χ1v) is 6.66. The van der Waals surface area contributed by atoms with Gasteiger partial charge < -0.3 is 10.4 Å². The highest BCUT2D eigenvalue weighted by Crippen LogP contribution is 2.47. The highest BCUT2D eigenvalue weighted by atomic mass is 35.5. The number of halogens is 2. The number of nitrogens with one attached hydrogen (secondary N) is 1. The van der Waals surface area contributed by atoms with E-state index in [4.69, 9.17) is 28.3 Å². The Hall–Kier alpha value is -0.770. The summed E-state index contributed by atoms with van der Waals surface area (Å²) in [7, 11) is 0. The molecule has 0 unspecified atom stereocenters. The van der Waals surface area contributed by atoms with Gasteiger partial charge in [0.15, 0.2) is 0 Å². The van der Waals surface area contributed by atoms with Crippen LogP contribution in [0.2, 0.25) is 10.0 Å². The number of amides is 1. The molecule has 1 aliphatic rings. The third kappa shape index (κ3) is 3.16. The molecular weight excluding hydrogens is 273 g/mol. The summed E-state index contributed by atoms with van der Waals surface area (Å²) < 4.78 is 0. The molecule has 2 N–H and O–H groups in total. The summed E-state index contributed by atoms with van der Waals surface area (Å²) in [6, 6.07) is 4.82. The van der Waals surface area contributed by atoms with Crippen molar-refractivity contribution in [1.82, 2.24) is 5.32 Å². The van der Waals surface area contributed by atoms with Gasteiger partial charge in [-0.1, -0.05) is 23.2 Å². The van der Waals surface area contributed by atoms with E-state index in [1.54, 1.807) is 18.2 Å². The molecule has 0 spiro atoms.